The minimum atomic E-state index is -0.373. The van der Waals surface area contributed by atoms with E-state index in [0.29, 0.717) is 39.3 Å². The van der Waals surface area contributed by atoms with Gasteiger partial charge in [0, 0.05) is 26.1 Å². The molecule has 1 heterocycles. The molecule has 0 radical (unpaired) electrons. The number of nitrogens with zero attached hydrogens (tertiary/aromatic N) is 1. The fourth-order valence-electron chi connectivity index (χ4n) is 1.97. The second-order valence-corrected chi connectivity index (χ2v) is 4.82. The lowest BCUT2D eigenvalue weighted by molar-refractivity contribution is -0.135. The Labute approximate surface area is 108 Å². The van der Waals surface area contributed by atoms with Crippen LogP contribution >= 0.6 is 0 Å². The first-order chi connectivity index (χ1) is 8.52. The highest BCUT2D eigenvalue weighted by Crippen LogP contribution is 2.02. The number of carbonyl (C=O) groups excluding carboxylic acids is 2. The van der Waals surface area contributed by atoms with E-state index in [4.69, 9.17) is 10.5 Å². The highest BCUT2D eigenvalue weighted by molar-refractivity contribution is 5.80. The first kappa shape index (κ1) is 14.9. The number of ether oxygens (including phenoxy) is 1. The number of nitrogens with two attached hydrogens (primary N) is 1. The summed E-state index contributed by atoms with van der Waals surface area (Å²) in [7, 11) is 0. The van der Waals surface area contributed by atoms with Crippen LogP contribution in [-0.2, 0) is 14.3 Å². The molecule has 1 atom stereocenters. The van der Waals surface area contributed by atoms with E-state index < -0.39 is 0 Å². The predicted molar refractivity (Wildman–Crippen MR) is 67.8 cm³/mol. The molecule has 1 aliphatic rings. The first-order valence-corrected chi connectivity index (χ1v) is 6.40. The third-order valence-electron chi connectivity index (χ3n) is 3.04. The summed E-state index contributed by atoms with van der Waals surface area (Å²) in [5, 5.41) is 3.04. The molecule has 18 heavy (non-hydrogen) atoms. The Hall–Kier alpha value is -1.14. The van der Waals surface area contributed by atoms with Gasteiger partial charge in [-0.3, -0.25) is 9.59 Å². The number of nitrogens with one attached hydrogen (secondary N) is 1. The second-order valence-electron chi connectivity index (χ2n) is 4.82. The fraction of sp³-hybridized carbons (Fsp3) is 0.833. The van der Waals surface area contributed by atoms with Crippen LogP contribution in [0.1, 0.15) is 20.3 Å². The monoisotopic (exact) mass is 257 g/mol. The van der Waals surface area contributed by atoms with Crippen molar-refractivity contribution in [3.63, 3.8) is 0 Å². The van der Waals surface area contributed by atoms with Crippen molar-refractivity contribution in [3.8, 4) is 0 Å². The smallest absolute Gasteiger partial charge is 0.234 e. The summed E-state index contributed by atoms with van der Waals surface area (Å²) < 4.78 is 5.18. The third kappa shape index (κ3) is 4.62. The third-order valence-corrected chi connectivity index (χ3v) is 3.04. The molecule has 0 spiro atoms. The minimum Gasteiger partial charge on any atom is -0.378 e. The molecule has 0 saturated carbocycles. The van der Waals surface area contributed by atoms with Crippen molar-refractivity contribution in [2.45, 2.75) is 26.3 Å². The molecule has 3 N–H and O–H groups in total. The number of carbonyl (C=O) groups is 2. The molecule has 104 valence electrons. The average Bonchev–Trinajstić information content (AvgIpc) is 2.34. The fourth-order valence-corrected chi connectivity index (χ4v) is 1.97. The van der Waals surface area contributed by atoms with Gasteiger partial charge in [-0.2, -0.15) is 0 Å². The van der Waals surface area contributed by atoms with E-state index in [0.717, 1.165) is 0 Å². The lowest BCUT2D eigenvalue weighted by Gasteiger charge is -2.27. The number of rotatable bonds is 6. The molecule has 6 nitrogen and oxygen atoms in total. The molecule has 1 fully saturated rings. The Balaban J connectivity index is 2.27. The van der Waals surface area contributed by atoms with E-state index in [9.17, 15) is 9.59 Å². The van der Waals surface area contributed by atoms with Crippen LogP contribution in [-0.4, -0.2) is 55.6 Å². The summed E-state index contributed by atoms with van der Waals surface area (Å²) in [6, 6.07) is -0.373. The van der Waals surface area contributed by atoms with Crippen LogP contribution in [0.3, 0.4) is 0 Å². The van der Waals surface area contributed by atoms with Crippen LogP contribution in [0.2, 0.25) is 0 Å². The standard InChI is InChI=1S/C12H23N3O3/c1-9(2)11(12(13)17)14-4-3-10(16)15-5-7-18-8-6-15/h9,11,14H,3-8H2,1-2H3,(H2,13,17). The normalized spacial score (nSPS) is 17.8. The topological polar surface area (TPSA) is 84.7 Å². The van der Waals surface area contributed by atoms with E-state index in [1.165, 1.54) is 0 Å². The first-order valence-electron chi connectivity index (χ1n) is 6.40. The molecule has 1 aliphatic heterocycles. The van der Waals surface area contributed by atoms with Gasteiger partial charge in [-0.05, 0) is 5.92 Å². The lowest BCUT2D eigenvalue weighted by Crippen LogP contribution is -2.47. The summed E-state index contributed by atoms with van der Waals surface area (Å²) in [6.07, 6.45) is 0.385. The van der Waals surface area contributed by atoms with Crippen LogP contribution in [0.15, 0.2) is 0 Å². The summed E-state index contributed by atoms with van der Waals surface area (Å²) in [5.74, 6) is -0.150. The molecule has 1 rings (SSSR count). The highest BCUT2D eigenvalue weighted by Gasteiger charge is 2.20. The molecule has 1 unspecified atom stereocenters. The second kappa shape index (κ2) is 7.33. The van der Waals surface area contributed by atoms with Crippen LogP contribution < -0.4 is 11.1 Å². The summed E-state index contributed by atoms with van der Waals surface area (Å²) in [4.78, 5) is 24.8. The van der Waals surface area contributed by atoms with Crippen molar-refractivity contribution in [2.75, 3.05) is 32.8 Å². The molecular formula is C12H23N3O3. The number of amides is 2. The van der Waals surface area contributed by atoms with Crippen LogP contribution in [0.25, 0.3) is 0 Å². The average molecular weight is 257 g/mol. The number of primary amides is 1. The zero-order valence-electron chi connectivity index (χ0n) is 11.1. The largest absolute Gasteiger partial charge is 0.378 e. The van der Waals surface area contributed by atoms with Crippen molar-refractivity contribution in [2.24, 2.45) is 11.7 Å². The van der Waals surface area contributed by atoms with Gasteiger partial charge in [-0.25, -0.2) is 0 Å². The van der Waals surface area contributed by atoms with Crippen LogP contribution in [0, 0.1) is 5.92 Å². The molecule has 0 bridgehead atoms. The van der Waals surface area contributed by atoms with Gasteiger partial charge in [0.2, 0.25) is 11.8 Å². The Bertz CT molecular complexity index is 288. The van der Waals surface area contributed by atoms with E-state index >= 15 is 0 Å². The van der Waals surface area contributed by atoms with Gasteiger partial charge in [-0.1, -0.05) is 13.8 Å². The molecule has 2 amide bonds. The number of hydrogen-bond donors (Lipinski definition) is 2. The van der Waals surface area contributed by atoms with E-state index in [1.807, 2.05) is 13.8 Å². The van der Waals surface area contributed by atoms with Crippen molar-refractivity contribution in [1.82, 2.24) is 10.2 Å². The zero-order valence-corrected chi connectivity index (χ0v) is 11.1. The Morgan fingerprint density at radius 1 is 1.33 bits per heavy atom. The van der Waals surface area contributed by atoms with E-state index in [1.54, 1.807) is 4.90 Å². The van der Waals surface area contributed by atoms with Gasteiger partial charge in [0.25, 0.3) is 0 Å². The molecule has 0 aromatic rings. The van der Waals surface area contributed by atoms with Gasteiger partial charge >= 0.3 is 0 Å². The molecule has 0 aliphatic carbocycles. The highest BCUT2D eigenvalue weighted by atomic mass is 16.5. The van der Waals surface area contributed by atoms with Crippen LogP contribution in [0.4, 0.5) is 0 Å². The quantitative estimate of drug-likeness (QED) is 0.661. The van der Waals surface area contributed by atoms with Gasteiger partial charge in [0.1, 0.15) is 0 Å². The Morgan fingerprint density at radius 2 is 1.94 bits per heavy atom. The van der Waals surface area contributed by atoms with E-state index in [2.05, 4.69) is 5.32 Å². The minimum absolute atomic E-state index is 0.0952. The van der Waals surface area contributed by atoms with Crippen molar-refractivity contribution < 1.29 is 14.3 Å². The van der Waals surface area contributed by atoms with Gasteiger partial charge in [0.15, 0.2) is 0 Å². The van der Waals surface area contributed by atoms with Gasteiger partial charge in [-0.15, -0.1) is 0 Å². The SMILES string of the molecule is CC(C)C(NCCC(=O)N1CCOCC1)C(N)=O. The van der Waals surface area contributed by atoms with Gasteiger partial charge in [0.05, 0.1) is 19.3 Å². The summed E-state index contributed by atoms with van der Waals surface area (Å²) in [6.45, 7) is 6.84. The van der Waals surface area contributed by atoms with Crippen molar-refractivity contribution in [3.05, 3.63) is 0 Å². The number of morpholine rings is 1. The maximum absolute atomic E-state index is 11.8. The zero-order chi connectivity index (χ0) is 13.5. The van der Waals surface area contributed by atoms with Crippen molar-refractivity contribution in [1.29, 1.82) is 0 Å². The molecule has 1 saturated heterocycles. The maximum atomic E-state index is 11.8. The Morgan fingerprint density at radius 3 is 2.44 bits per heavy atom. The molecule has 0 aromatic heterocycles. The summed E-state index contributed by atoms with van der Waals surface area (Å²) in [5.41, 5.74) is 5.28. The maximum Gasteiger partial charge on any atom is 0.234 e. The van der Waals surface area contributed by atoms with Crippen molar-refractivity contribution >= 4 is 11.8 Å². The lowest BCUT2D eigenvalue weighted by atomic mass is 10.0. The van der Waals surface area contributed by atoms with Crippen LogP contribution in [0.5, 0.6) is 0 Å². The number of hydrogen-bond acceptors (Lipinski definition) is 4. The van der Waals surface area contributed by atoms with E-state index in [-0.39, 0.29) is 23.8 Å². The molecular weight excluding hydrogens is 234 g/mol. The molecule has 6 heteroatoms. The predicted octanol–water partition coefficient (Wildman–Crippen LogP) is -0.665. The van der Waals surface area contributed by atoms with Gasteiger partial charge < -0.3 is 20.7 Å². The Kier molecular flexibility index (Phi) is 6.07. The summed E-state index contributed by atoms with van der Waals surface area (Å²) >= 11 is 0. The molecule has 0 aromatic carbocycles.